The summed E-state index contributed by atoms with van der Waals surface area (Å²) in [6, 6.07) is 2.79. The van der Waals surface area contributed by atoms with Crippen LogP contribution in [0.15, 0.2) is 12.1 Å². The van der Waals surface area contributed by atoms with Crippen LogP contribution < -0.4 is 24.8 Å². The van der Waals surface area contributed by atoms with Crippen molar-refractivity contribution in [3.8, 4) is 17.2 Å². The highest BCUT2D eigenvalue weighted by Gasteiger charge is 2.20. The minimum absolute atomic E-state index is 0.171. The molecule has 21 heavy (non-hydrogen) atoms. The molecule has 0 radical (unpaired) electrons. The number of nitrogens with one attached hydrogen (secondary N) is 2. The normalized spacial score (nSPS) is 10.8. The summed E-state index contributed by atoms with van der Waals surface area (Å²) in [6.07, 6.45) is 0. The van der Waals surface area contributed by atoms with E-state index in [0.717, 1.165) is 0 Å². The van der Waals surface area contributed by atoms with Gasteiger partial charge in [-0.05, 0) is 13.8 Å². The quantitative estimate of drug-likeness (QED) is 0.742. The smallest absolute Gasteiger partial charge is 0.319 e. The first kappa shape index (κ1) is 16.9. The maximum atomic E-state index is 11.9. The Morgan fingerprint density at radius 2 is 1.67 bits per heavy atom. The number of carbonyl (C=O) groups is 1. The molecule has 0 saturated heterocycles. The number of aliphatic hydroxyl groups is 1. The van der Waals surface area contributed by atoms with Crippen LogP contribution in [0.3, 0.4) is 0 Å². The van der Waals surface area contributed by atoms with Crippen LogP contribution in [0.25, 0.3) is 0 Å². The highest BCUT2D eigenvalue weighted by Crippen LogP contribution is 2.39. The molecule has 0 fully saturated rings. The topological polar surface area (TPSA) is 89.1 Å². The first-order valence-electron chi connectivity index (χ1n) is 6.37. The molecular weight excluding hydrogens is 276 g/mol. The van der Waals surface area contributed by atoms with Crippen LogP contribution in [0.1, 0.15) is 13.8 Å². The molecule has 118 valence electrons. The number of amides is 2. The highest BCUT2D eigenvalue weighted by molar-refractivity contribution is 5.90. The second-order valence-corrected chi connectivity index (χ2v) is 5.04. The lowest BCUT2D eigenvalue weighted by Gasteiger charge is -2.23. The van der Waals surface area contributed by atoms with Gasteiger partial charge in [0.15, 0.2) is 11.5 Å². The zero-order valence-electron chi connectivity index (χ0n) is 12.9. The van der Waals surface area contributed by atoms with Crippen LogP contribution in [0.2, 0.25) is 0 Å². The Bertz CT molecular complexity index is 477. The van der Waals surface area contributed by atoms with Crippen molar-refractivity contribution in [2.45, 2.75) is 19.4 Å². The largest absolute Gasteiger partial charge is 0.493 e. The Morgan fingerprint density at radius 1 is 1.14 bits per heavy atom. The van der Waals surface area contributed by atoms with Crippen LogP contribution in [0.4, 0.5) is 10.5 Å². The van der Waals surface area contributed by atoms with Gasteiger partial charge in [-0.25, -0.2) is 4.79 Å². The summed E-state index contributed by atoms with van der Waals surface area (Å²) in [4.78, 5) is 11.9. The van der Waals surface area contributed by atoms with Crippen LogP contribution in [-0.2, 0) is 0 Å². The van der Waals surface area contributed by atoms with Crippen LogP contribution >= 0.6 is 0 Å². The summed E-state index contributed by atoms with van der Waals surface area (Å²) < 4.78 is 15.6. The maximum Gasteiger partial charge on any atom is 0.319 e. The van der Waals surface area contributed by atoms with Gasteiger partial charge in [-0.2, -0.15) is 0 Å². The lowest BCUT2D eigenvalue weighted by atomic mass is 10.1. The summed E-state index contributed by atoms with van der Waals surface area (Å²) in [7, 11) is 4.50. The number of hydrogen-bond acceptors (Lipinski definition) is 5. The third-order valence-electron chi connectivity index (χ3n) is 2.77. The third kappa shape index (κ3) is 4.42. The van der Waals surface area contributed by atoms with Gasteiger partial charge in [0.1, 0.15) is 0 Å². The molecule has 1 aromatic carbocycles. The molecule has 0 aliphatic heterocycles. The summed E-state index contributed by atoms with van der Waals surface area (Å²) >= 11 is 0. The molecule has 0 atom stereocenters. The van der Waals surface area contributed by atoms with Gasteiger partial charge in [-0.3, -0.25) is 0 Å². The molecule has 0 aliphatic rings. The number of aliphatic hydroxyl groups excluding tert-OH is 1. The average Bonchev–Trinajstić information content (AvgIpc) is 2.45. The lowest BCUT2D eigenvalue weighted by molar-refractivity contribution is 0.187. The molecule has 0 aromatic heterocycles. The number of rotatable bonds is 6. The molecule has 0 unspecified atom stereocenters. The third-order valence-corrected chi connectivity index (χ3v) is 2.77. The number of anilines is 1. The second-order valence-electron chi connectivity index (χ2n) is 5.04. The Labute approximate surface area is 124 Å². The lowest BCUT2D eigenvalue weighted by Crippen LogP contribution is -2.48. The molecule has 3 N–H and O–H groups in total. The van der Waals surface area contributed by atoms with E-state index in [4.69, 9.17) is 19.3 Å². The first-order chi connectivity index (χ1) is 9.86. The predicted molar refractivity (Wildman–Crippen MR) is 79.4 cm³/mol. The fraction of sp³-hybridized carbons (Fsp3) is 0.500. The van der Waals surface area contributed by atoms with E-state index in [0.29, 0.717) is 22.9 Å². The second kappa shape index (κ2) is 7.03. The number of urea groups is 1. The summed E-state index contributed by atoms with van der Waals surface area (Å²) in [6.45, 7) is 3.25. The van der Waals surface area contributed by atoms with Crippen molar-refractivity contribution in [3.05, 3.63) is 12.1 Å². The van der Waals surface area contributed by atoms with E-state index in [2.05, 4.69) is 10.6 Å². The maximum absolute atomic E-state index is 11.9. The Morgan fingerprint density at radius 3 is 2.05 bits per heavy atom. The Balaban J connectivity index is 2.96. The SMILES string of the molecule is COc1cc(NC(=O)NC(C)(C)CO)cc(OC)c1OC. The molecule has 0 spiro atoms. The van der Waals surface area contributed by atoms with Gasteiger partial charge in [0.25, 0.3) is 0 Å². The fourth-order valence-electron chi connectivity index (χ4n) is 1.66. The van der Waals surface area contributed by atoms with Crippen molar-refractivity contribution < 1.29 is 24.1 Å². The van der Waals surface area contributed by atoms with Crippen LogP contribution in [-0.4, -0.2) is 44.6 Å². The van der Waals surface area contributed by atoms with Gasteiger partial charge in [-0.1, -0.05) is 0 Å². The highest BCUT2D eigenvalue weighted by atomic mass is 16.5. The van der Waals surface area contributed by atoms with Gasteiger partial charge in [0, 0.05) is 12.1 Å². The number of carbonyl (C=O) groups excluding carboxylic acids is 1. The summed E-state index contributed by atoms with van der Waals surface area (Å²) in [5.41, 5.74) is -0.235. The molecule has 1 aromatic rings. The number of ether oxygens (including phenoxy) is 3. The standard InChI is InChI=1S/C14H22N2O5/c1-14(2,8-17)16-13(18)15-9-6-10(19-3)12(21-5)11(7-9)20-4/h6-7,17H,8H2,1-5H3,(H2,15,16,18). The van der Waals surface area contributed by atoms with Crippen molar-refractivity contribution in [3.63, 3.8) is 0 Å². The van der Waals surface area contributed by atoms with E-state index in [-0.39, 0.29) is 6.61 Å². The van der Waals surface area contributed by atoms with Crippen molar-refractivity contribution in [1.29, 1.82) is 0 Å². The molecule has 2 amide bonds. The first-order valence-corrected chi connectivity index (χ1v) is 6.37. The number of hydrogen-bond donors (Lipinski definition) is 3. The molecular formula is C14H22N2O5. The van der Waals surface area contributed by atoms with Crippen molar-refractivity contribution in [2.24, 2.45) is 0 Å². The van der Waals surface area contributed by atoms with Crippen molar-refractivity contribution >= 4 is 11.7 Å². The number of benzene rings is 1. The van der Waals surface area contributed by atoms with E-state index >= 15 is 0 Å². The van der Waals surface area contributed by atoms with Gasteiger partial charge < -0.3 is 30.0 Å². The Hall–Kier alpha value is -2.15. The minimum Gasteiger partial charge on any atom is -0.493 e. The minimum atomic E-state index is -0.718. The fourth-order valence-corrected chi connectivity index (χ4v) is 1.66. The number of methoxy groups -OCH3 is 3. The van der Waals surface area contributed by atoms with Gasteiger partial charge >= 0.3 is 6.03 Å². The van der Waals surface area contributed by atoms with Crippen LogP contribution in [0.5, 0.6) is 17.2 Å². The van der Waals surface area contributed by atoms with Gasteiger partial charge in [0.2, 0.25) is 5.75 Å². The van der Waals surface area contributed by atoms with E-state index in [9.17, 15) is 4.79 Å². The van der Waals surface area contributed by atoms with Crippen LogP contribution in [0, 0.1) is 0 Å². The molecule has 0 bridgehead atoms. The van der Waals surface area contributed by atoms with Gasteiger partial charge in [-0.15, -0.1) is 0 Å². The van der Waals surface area contributed by atoms with E-state index in [1.165, 1.54) is 21.3 Å². The predicted octanol–water partition coefficient (Wildman–Crippen LogP) is 1.60. The average molecular weight is 298 g/mol. The van der Waals surface area contributed by atoms with Crippen molar-refractivity contribution in [1.82, 2.24) is 5.32 Å². The monoisotopic (exact) mass is 298 g/mol. The van der Waals surface area contributed by atoms with Crippen molar-refractivity contribution in [2.75, 3.05) is 33.3 Å². The zero-order valence-corrected chi connectivity index (χ0v) is 12.9. The zero-order chi connectivity index (χ0) is 16.0. The molecule has 0 heterocycles. The molecule has 0 aliphatic carbocycles. The summed E-state index contributed by atoms with van der Waals surface area (Å²) in [5.74, 6) is 1.32. The molecule has 7 nitrogen and oxygen atoms in total. The molecule has 0 saturated carbocycles. The molecule has 7 heteroatoms. The Kier molecular flexibility index (Phi) is 5.66. The van der Waals surface area contributed by atoms with Gasteiger partial charge in [0.05, 0.1) is 39.2 Å². The van der Waals surface area contributed by atoms with E-state index in [1.54, 1.807) is 26.0 Å². The summed E-state index contributed by atoms with van der Waals surface area (Å²) in [5, 5.41) is 14.4. The molecule has 1 rings (SSSR count). The van der Waals surface area contributed by atoms with E-state index < -0.39 is 11.6 Å². The van der Waals surface area contributed by atoms with E-state index in [1.807, 2.05) is 0 Å².